The Hall–Kier alpha value is -1.70. The predicted octanol–water partition coefficient (Wildman–Crippen LogP) is 2.71. The van der Waals surface area contributed by atoms with Crippen molar-refractivity contribution in [3.8, 4) is 0 Å². The number of aliphatic carboxylic acids is 1. The van der Waals surface area contributed by atoms with Crippen molar-refractivity contribution < 1.29 is 23.5 Å². The number of hydrogen-bond acceptors (Lipinski definition) is 2. The number of halogens is 3. The maximum absolute atomic E-state index is 13.4. The Morgan fingerprint density at radius 2 is 1.89 bits per heavy atom. The Morgan fingerprint density at radius 1 is 1.37 bits per heavy atom. The molecule has 1 aromatic carbocycles. The van der Waals surface area contributed by atoms with E-state index in [9.17, 15) is 18.4 Å². The van der Waals surface area contributed by atoms with Crippen LogP contribution in [0, 0.1) is 11.6 Å². The molecule has 8 heteroatoms. The minimum absolute atomic E-state index is 0.147. The normalized spacial score (nSPS) is 11.8. The van der Waals surface area contributed by atoms with Gasteiger partial charge in [0.2, 0.25) is 0 Å². The van der Waals surface area contributed by atoms with Gasteiger partial charge in [-0.15, -0.1) is 0 Å². The summed E-state index contributed by atoms with van der Waals surface area (Å²) in [6, 6.07) is -0.156. The van der Waals surface area contributed by atoms with Gasteiger partial charge in [-0.05, 0) is 18.6 Å². The molecule has 3 N–H and O–H groups in total. The first-order valence-corrected chi connectivity index (χ1v) is 6.09. The number of nitrogens with one attached hydrogen (secondary N) is 2. The summed E-state index contributed by atoms with van der Waals surface area (Å²) in [5, 5.41) is 12.8. The van der Waals surface area contributed by atoms with Crippen LogP contribution in [0.15, 0.2) is 16.6 Å². The molecular weight excluding hydrogens is 326 g/mol. The molecule has 0 bridgehead atoms. The SMILES string of the molecule is CCC(NC(=O)Nc1c(F)cc(Br)cc1F)C(=O)O. The van der Waals surface area contributed by atoms with E-state index in [1.54, 1.807) is 6.92 Å². The summed E-state index contributed by atoms with van der Waals surface area (Å²) in [4.78, 5) is 22.1. The van der Waals surface area contributed by atoms with Crippen LogP contribution in [0.2, 0.25) is 0 Å². The van der Waals surface area contributed by atoms with Crippen molar-refractivity contribution in [3.63, 3.8) is 0 Å². The quantitative estimate of drug-likeness (QED) is 0.790. The third-order valence-electron chi connectivity index (χ3n) is 2.26. The van der Waals surface area contributed by atoms with E-state index in [0.717, 1.165) is 12.1 Å². The number of carbonyl (C=O) groups is 2. The van der Waals surface area contributed by atoms with E-state index in [4.69, 9.17) is 5.11 Å². The highest BCUT2D eigenvalue weighted by Gasteiger charge is 2.19. The largest absolute Gasteiger partial charge is 0.480 e. The lowest BCUT2D eigenvalue weighted by Crippen LogP contribution is -2.42. The molecular formula is C11H11BrF2N2O3. The van der Waals surface area contributed by atoms with E-state index in [0.29, 0.717) is 0 Å². The molecule has 0 saturated carbocycles. The fourth-order valence-corrected chi connectivity index (χ4v) is 1.71. The van der Waals surface area contributed by atoms with Crippen LogP contribution in [0.4, 0.5) is 19.3 Å². The lowest BCUT2D eigenvalue weighted by Gasteiger charge is -2.14. The van der Waals surface area contributed by atoms with E-state index in [-0.39, 0.29) is 10.9 Å². The van der Waals surface area contributed by atoms with Crippen LogP contribution >= 0.6 is 15.9 Å². The first-order valence-electron chi connectivity index (χ1n) is 5.30. The zero-order valence-electron chi connectivity index (χ0n) is 9.84. The van der Waals surface area contributed by atoms with Crippen LogP contribution in [0.1, 0.15) is 13.3 Å². The number of hydrogen-bond donors (Lipinski definition) is 3. The molecule has 1 aromatic rings. The van der Waals surface area contributed by atoms with E-state index in [1.165, 1.54) is 0 Å². The van der Waals surface area contributed by atoms with Crippen molar-refractivity contribution in [1.82, 2.24) is 5.32 Å². The standard InChI is InChI=1S/C11H11BrF2N2O3/c1-2-8(10(17)18)15-11(19)16-9-6(13)3-5(12)4-7(9)14/h3-4,8H,2H2,1H3,(H,17,18)(H2,15,16,19). The molecule has 2 amide bonds. The molecule has 5 nitrogen and oxygen atoms in total. The van der Waals surface area contributed by atoms with Crippen LogP contribution in [0.5, 0.6) is 0 Å². The summed E-state index contributed by atoms with van der Waals surface area (Å²) in [5.74, 6) is -3.16. The van der Waals surface area contributed by atoms with Crippen molar-refractivity contribution in [2.75, 3.05) is 5.32 Å². The number of carboxylic acid groups (broad SMARTS) is 1. The van der Waals surface area contributed by atoms with Crippen molar-refractivity contribution in [3.05, 3.63) is 28.2 Å². The lowest BCUT2D eigenvalue weighted by molar-refractivity contribution is -0.139. The Bertz CT molecular complexity index is 488. The van der Waals surface area contributed by atoms with Gasteiger partial charge in [0.1, 0.15) is 11.7 Å². The van der Waals surface area contributed by atoms with Crippen molar-refractivity contribution in [2.24, 2.45) is 0 Å². The first-order chi connectivity index (χ1) is 8.85. The maximum atomic E-state index is 13.4. The average Bonchev–Trinajstić information content (AvgIpc) is 2.30. The number of benzene rings is 1. The molecule has 0 aliphatic heterocycles. The minimum Gasteiger partial charge on any atom is -0.480 e. The Morgan fingerprint density at radius 3 is 2.32 bits per heavy atom. The van der Waals surface area contributed by atoms with Crippen LogP contribution in [0.3, 0.4) is 0 Å². The van der Waals surface area contributed by atoms with Gasteiger partial charge in [0.25, 0.3) is 0 Å². The molecule has 0 fully saturated rings. The van der Waals surface area contributed by atoms with Gasteiger partial charge >= 0.3 is 12.0 Å². The smallest absolute Gasteiger partial charge is 0.326 e. The molecule has 0 aliphatic carbocycles. The second-order valence-electron chi connectivity index (χ2n) is 3.64. The number of urea groups is 1. The van der Waals surface area contributed by atoms with Gasteiger partial charge in [-0.1, -0.05) is 22.9 Å². The zero-order valence-corrected chi connectivity index (χ0v) is 11.4. The average molecular weight is 337 g/mol. The highest BCUT2D eigenvalue weighted by atomic mass is 79.9. The lowest BCUT2D eigenvalue weighted by atomic mass is 10.2. The number of rotatable bonds is 4. The molecule has 0 aromatic heterocycles. The van der Waals surface area contributed by atoms with E-state index < -0.39 is 35.4 Å². The van der Waals surface area contributed by atoms with Gasteiger partial charge in [-0.25, -0.2) is 18.4 Å². The second-order valence-corrected chi connectivity index (χ2v) is 4.56. The minimum atomic E-state index is -1.23. The van der Waals surface area contributed by atoms with Gasteiger partial charge in [-0.3, -0.25) is 0 Å². The molecule has 0 saturated heterocycles. The molecule has 1 rings (SSSR count). The summed E-state index contributed by atoms with van der Waals surface area (Å²) in [5.41, 5.74) is -0.638. The molecule has 0 aliphatic rings. The fraction of sp³-hybridized carbons (Fsp3) is 0.273. The van der Waals surface area contributed by atoms with Gasteiger partial charge < -0.3 is 15.7 Å². The zero-order chi connectivity index (χ0) is 14.6. The third kappa shape index (κ3) is 4.16. The topological polar surface area (TPSA) is 78.4 Å². The van der Waals surface area contributed by atoms with Crippen LogP contribution < -0.4 is 10.6 Å². The predicted molar refractivity (Wildman–Crippen MR) is 67.9 cm³/mol. The van der Waals surface area contributed by atoms with E-state index in [1.807, 2.05) is 5.32 Å². The first kappa shape index (κ1) is 15.4. The van der Waals surface area contributed by atoms with E-state index >= 15 is 0 Å². The van der Waals surface area contributed by atoms with Crippen LogP contribution in [-0.4, -0.2) is 23.1 Å². The number of anilines is 1. The molecule has 0 heterocycles. The Balaban J connectivity index is 2.80. The molecule has 0 spiro atoms. The highest BCUT2D eigenvalue weighted by molar-refractivity contribution is 9.10. The molecule has 1 unspecified atom stereocenters. The summed E-state index contributed by atoms with van der Waals surface area (Å²) in [7, 11) is 0. The second kappa shape index (κ2) is 6.46. The van der Waals surface area contributed by atoms with Crippen molar-refractivity contribution >= 4 is 33.6 Å². The molecule has 0 radical (unpaired) electrons. The molecule has 104 valence electrons. The van der Waals surface area contributed by atoms with Crippen LogP contribution in [0.25, 0.3) is 0 Å². The van der Waals surface area contributed by atoms with Crippen LogP contribution in [-0.2, 0) is 4.79 Å². The number of carbonyl (C=O) groups excluding carboxylic acids is 1. The number of carboxylic acids is 1. The van der Waals surface area contributed by atoms with E-state index in [2.05, 4.69) is 21.2 Å². The fourth-order valence-electron chi connectivity index (χ4n) is 1.31. The highest BCUT2D eigenvalue weighted by Crippen LogP contribution is 2.23. The van der Waals surface area contributed by atoms with Crippen molar-refractivity contribution in [1.29, 1.82) is 0 Å². The number of amides is 2. The maximum Gasteiger partial charge on any atom is 0.326 e. The molecule has 19 heavy (non-hydrogen) atoms. The van der Waals surface area contributed by atoms with Gasteiger partial charge in [0, 0.05) is 4.47 Å². The van der Waals surface area contributed by atoms with Crippen molar-refractivity contribution in [2.45, 2.75) is 19.4 Å². The summed E-state index contributed by atoms with van der Waals surface area (Å²) >= 11 is 2.90. The monoisotopic (exact) mass is 336 g/mol. The molecule has 1 atom stereocenters. The Labute approximate surface area is 116 Å². The van der Waals surface area contributed by atoms with Gasteiger partial charge in [0.15, 0.2) is 11.6 Å². The third-order valence-corrected chi connectivity index (χ3v) is 2.71. The van der Waals surface area contributed by atoms with Gasteiger partial charge in [-0.2, -0.15) is 0 Å². The summed E-state index contributed by atoms with van der Waals surface area (Å²) in [6.07, 6.45) is 0.147. The summed E-state index contributed by atoms with van der Waals surface area (Å²) in [6.45, 7) is 1.56. The Kier molecular flexibility index (Phi) is 5.22. The summed E-state index contributed by atoms with van der Waals surface area (Å²) < 4.78 is 27.0. The van der Waals surface area contributed by atoms with Gasteiger partial charge in [0.05, 0.1) is 0 Å².